The van der Waals surface area contributed by atoms with Crippen LogP contribution in [0.25, 0.3) is 0 Å². The van der Waals surface area contributed by atoms with Gasteiger partial charge in [-0.25, -0.2) is 4.79 Å². The Balaban J connectivity index is 5.94. The minimum absolute atomic E-state index is 0.0323. The molecule has 9 heteroatoms. The third-order valence-corrected chi connectivity index (χ3v) is 7.74. The maximum Gasteiger partial charge on any atom is 0.333 e. The summed E-state index contributed by atoms with van der Waals surface area (Å²) in [6, 6.07) is -0.352. The highest BCUT2D eigenvalue weighted by molar-refractivity contribution is 5.96. The van der Waals surface area contributed by atoms with Crippen molar-refractivity contribution >= 4 is 23.7 Å². The molecule has 0 saturated heterocycles. The van der Waals surface area contributed by atoms with Crippen molar-refractivity contribution < 1.29 is 23.9 Å². The smallest absolute Gasteiger partial charge is 0.333 e. The molecule has 0 aromatic rings. The molecule has 0 unspecified atom stereocenters. The Morgan fingerprint density at radius 3 is 1.87 bits per heavy atom. The van der Waals surface area contributed by atoms with Gasteiger partial charge in [-0.2, -0.15) is 0 Å². The summed E-state index contributed by atoms with van der Waals surface area (Å²) in [4.78, 5) is 56.1. The zero-order chi connectivity index (χ0) is 29.7. The first-order valence-corrected chi connectivity index (χ1v) is 14.3. The maximum atomic E-state index is 13.9. The van der Waals surface area contributed by atoms with E-state index in [-0.39, 0.29) is 42.8 Å². The molecule has 0 aliphatic rings. The van der Waals surface area contributed by atoms with Crippen LogP contribution in [0.2, 0.25) is 0 Å². The standard InChI is InChI=1S/C29H54N4O5/c1-12-28(13-2,31-16-5)27(37)33(17-6)29(14-3,15-4)26(36)30-20-24(34)32(11)23(21(8)9)19-22(10)25(35)38-18-7/h19,21,23,31H,12-18,20H2,1-11H3,(H,30,36)/b22-19+/t23-/m1/s1. The number of likely N-dealkylation sites (N-methyl/N-ethyl adjacent to an activating group) is 3. The van der Waals surface area contributed by atoms with E-state index in [1.165, 1.54) is 0 Å². The summed E-state index contributed by atoms with van der Waals surface area (Å²) in [7, 11) is 1.66. The summed E-state index contributed by atoms with van der Waals surface area (Å²) >= 11 is 0. The van der Waals surface area contributed by atoms with Gasteiger partial charge in [0.1, 0.15) is 5.54 Å². The number of nitrogens with zero attached hydrogens (tertiary/aromatic N) is 2. The Morgan fingerprint density at radius 1 is 0.921 bits per heavy atom. The number of ether oxygens (including phenoxy) is 1. The van der Waals surface area contributed by atoms with Crippen LogP contribution in [0.4, 0.5) is 0 Å². The van der Waals surface area contributed by atoms with Crippen LogP contribution in [0.5, 0.6) is 0 Å². The molecule has 0 fully saturated rings. The average Bonchev–Trinajstić information content (AvgIpc) is 2.90. The van der Waals surface area contributed by atoms with Gasteiger partial charge >= 0.3 is 5.97 Å². The van der Waals surface area contributed by atoms with Crippen LogP contribution >= 0.6 is 0 Å². The van der Waals surface area contributed by atoms with Crippen LogP contribution in [0.15, 0.2) is 11.6 Å². The van der Waals surface area contributed by atoms with E-state index in [2.05, 4.69) is 10.6 Å². The lowest BCUT2D eigenvalue weighted by molar-refractivity contribution is -0.154. The molecule has 3 amide bonds. The SMILES string of the molecule is CCNC(CC)(CC)C(=O)N(CC)C(CC)(CC)C(=O)NCC(=O)N(C)[C@H](/C=C(\C)C(=O)OCC)C(C)C. The first-order valence-electron chi connectivity index (χ1n) is 14.3. The lowest BCUT2D eigenvalue weighted by Crippen LogP contribution is -2.67. The number of hydrogen-bond acceptors (Lipinski definition) is 6. The molecule has 0 bridgehead atoms. The fourth-order valence-electron chi connectivity index (χ4n) is 5.12. The average molecular weight is 539 g/mol. The second-order valence-electron chi connectivity index (χ2n) is 10.1. The molecule has 38 heavy (non-hydrogen) atoms. The molecule has 0 rings (SSSR count). The van der Waals surface area contributed by atoms with Crippen LogP contribution < -0.4 is 10.6 Å². The van der Waals surface area contributed by atoms with Crippen LogP contribution in [0.3, 0.4) is 0 Å². The van der Waals surface area contributed by atoms with Crippen molar-refractivity contribution in [3.63, 3.8) is 0 Å². The molecule has 0 aromatic carbocycles. The van der Waals surface area contributed by atoms with Crippen molar-refractivity contribution in [3.8, 4) is 0 Å². The fourth-order valence-corrected chi connectivity index (χ4v) is 5.12. The normalized spacial score (nSPS) is 13.2. The van der Waals surface area contributed by atoms with Crippen LogP contribution in [0, 0.1) is 5.92 Å². The number of carbonyl (C=O) groups excluding carboxylic acids is 4. The summed E-state index contributed by atoms with van der Waals surface area (Å²) in [5, 5.41) is 6.20. The second kappa shape index (κ2) is 16.5. The lowest BCUT2D eigenvalue weighted by Gasteiger charge is -2.46. The summed E-state index contributed by atoms with van der Waals surface area (Å²) < 4.78 is 5.07. The van der Waals surface area contributed by atoms with E-state index in [4.69, 9.17) is 4.74 Å². The highest BCUT2D eigenvalue weighted by Gasteiger charge is 2.48. The van der Waals surface area contributed by atoms with Crippen molar-refractivity contribution in [1.29, 1.82) is 0 Å². The Morgan fingerprint density at radius 2 is 1.47 bits per heavy atom. The number of esters is 1. The summed E-state index contributed by atoms with van der Waals surface area (Å²) in [5.41, 5.74) is -1.39. The first-order chi connectivity index (χ1) is 17.8. The predicted octanol–water partition coefficient (Wildman–Crippen LogP) is 3.67. The van der Waals surface area contributed by atoms with Gasteiger partial charge < -0.3 is 25.2 Å². The largest absolute Gasteiger partial charge is 0.463 e. The van der Waals surface area contributed by atoms with E-state index in [1.54, 1.807) is 36.8 Å². The number of hydrogen-bond donors (Lipinski definition) is 2. The van der Waals surface area contributed by atoms with Gasteiger partial charge in [-0.1, -0.05) is 54.5 Å². The fraction of sp³-hybridized carbons (Fsp3) is 0.793. The minimum atomic E-state index is -1.08. The van der Waals surface area contributed by atoms with E-state index in [0.717, 1.165) is 0 Å². The molecular formula is C29H54N4O5. The lowest BCUT2D eigenvalue weighted by atomic mass is 9.84. The molecule has 220 valence electrons. The van der Waals surface area contributed by atoms with Crippen molar-refractivity contribution in [2.24, 2.45) is 5.92 Å². The molecule has 0 radical (unpaired) electrons. The molecule has 0 spiro atoms. The Hall–Kier alpha value is -2.42. The molecule has 0 aliphatic carbocycles. The van der Waals surface area contributed by atoms with Crippen LogP contribution in [-0.2, 0) is 23.9 Å². The number of amides is 3. The van der Waals surface area contributed by atoms with Gasteiger partial charge in [0.2, 0.25) is 17.7 Å². The van der Waals surface area contributed by atoms with Crippen molar-refractivity contribution in [2.45, 2.75) is 112 Å². The molecule has 0 saturated carbocycles. The molecule has 0 aliphatic heterocycles. The quantitative estimate of drug-likeness (QED) is 0.216. The molecule has 0 aromatic heterocycles. The molecule has 2 N–H and O–H groups in total. The Labute approximate surface area is 231 Å². The third-order valence-electron chi connectivity index (χ3n) is 7.74. The van der Waals surface area contributed by atoms with Crippen molar-refractivity contribution in [1.82, 2.24) is 20.4 Å². The number of carbonyl (C=O) groups is 4. The predicted molar refractivity (Wildman–Crippen MR) is 152 cm³/mol. The Bertz CT molecular complexity index is 816. The molecule has 0 heterocycles. The molecular weight excluding hydrogens is 484 g/mol. The van der Waals surface area contributed by atoms with Crippen molar-refractivity contribution in [2.75, 3.05) is 33.3 Å². The van der Waals surface area contributed by atoms with E-state index < -0.39 is 17.0 Å². The van der Waals surface area contributed by atoms with Crippen LogP contribution in [0.1, 0.15) is 94.9 Å². The van der Waals surface area contributed by atoms with Gasteiger partial charge in [-0.15, -0.1) is 0 Å². The Kier molecular flexibility index (Phi) is 15.5. The van der Waals surface area contributed by atoms with Gasteiger partial charge in [-0.3, -0.25) is 14.4 Å². The van der Waals surface area contributed by atoms with Gasteiger partial charge in [0.05, 0.1) is 24.7 Å². The van der Waals surface area contributed by atoms with Gasteiger partial charge in [0.25, 0.3) is 0 Å². The van der Waals surface area contributed by atoms with E-state index in [9.17, 15) is 19.2 Å². The zero-order valence-corrected chi connectivity index (χ0v) is 25.8. The first kappa shape index (κ1) is 35.6. The summed E-state index contributed by atoms with van der Waals surface area (Å²) in [6.07, 6.45) is 3.79. The highest BCUT2D eigenvalue weighted by Crippen LogP contribution is 2.30. The number of rotatable bonds is 17. The van der Waals surface area contributed by atoms with E-state index in [0.29, 0.717) is 44.3 Å². The number of nitrogens with one attached hydrogen (secondary N) is 2. The van der Waals surface area contributed by atoms with Gasteiger partial charge in [-0.05, 0) is 58.9 Å². The van der Waals surface area contributed by atoms with Crippen LogP contribution in [-0.4, -0.2) is 83.9 Å². The van der Waals surface area contributed by atoms with Gasteiger partial charge in [0, 0.05) is 19.2 Å². The van der Waals surface area contributed by atoms with Gasteiger partial charge in [0.15, 0.2) is 0 Å². The topological polar surface area (TPSA) is 108 Å². The highest BCUT2D eigenvalue weighted by atomic mass is 16.5. The second-order valence-corrected chi connectivity index (χ2v) is 10.1. The van der Waals surface area contributed by atoms with E-state index in [1.807, 2.05) is 55.4 Å². The van der Waals surface area contributed by atoms with Crippen molar-refractivity contribution in [3.05, 3.63) is 11.6 Å². The monoisotopic (exact) mass is 538 g/mol. The zero-order valence-electron chi connectivity index (χ0n) is 25.8. The summed E-state index contributed by atoms with van der Waals surface area (Å²) in [6.45, 7) is 20.0. The molecule has 9 nitrogen and oxygen atoms in total. The molecule has 1 atom stereocenters. The third kappa shape index (κ3) is 8.29. The maximum absolute atomic E-state index is 13.9. The minimum Gasteiger partial charge on any atom is -0.463 e. The summed E-state index contributed by atoms with van der Waals surface area (Å²) in [5.74, 6) is -1.10. The van der Waals surface area contributed by atoms with E-state index >= 15 is 0 Å².